The number of hydrogen-bond donors (Lipinski definition) is 2. The summed E-state index contributed by atoms with van der Waals surface area (Å²) in [6.07, 6.45) is -0.230. The fourth-order valence-corrected chi connectivity index (χ4v) is 2.96. The van der Waals surface area contributed by atoms with Crippen LogP contribution in [0, 0.1) is 5.92 Å². The topological polar surface area (TPSA) is 74.6 Å². The van der Waals surface area contributed by atoms with Gasteiger partial charge in [0.25, 0.3) is 0 Å². The molecule has 96 valence electrons. The van der Waals surface area contributed by atoms with Gasteiger partial charge in [-0.05, 0) is 12.1 Å². The van der Waals surface area contributed by atoms with Gasteiger partial charge in [-0.3, -0.25) is 9.36 Å². The Morgan fingerprint density at radius 2 is 1.82 bits per heavy atom. The lowest BCUT2D eigenvalue weighted by Crippen LogP contribution is -2.18. The van der Waals surface area contributed by atoms with E-state index in [-0.39, 0.29) is 6.16 Å². The molecule has 1 rings (SSSR count). The molecule has 0 saturated heterocycles. The zero-order valence-electron chi connectivity index (χ0n) is 9.09. The van der Waals surface area contributed by atoms with Crippen LogP contribution in [0.5, 0.6) is 0 Å². The van der Waals surface area contributed by atoms with E-state index in [0.717, 1.165) is 0 Å². The summed E-state index contributed by atoms with van der Waals surface area (Å²) in [5.74, 6) is -1.87. The van der Waals surface area contributed by atoms with Gasteiger partial charge < -0.3 is 10.00 Å². The molecule has 0 spiro atoms. The molecule has 2 unspecified atom stereocenters. The molecule has 0 aliphatic heterocycles. The van der Waals surface area contributed by atoms with Gasteiger partial charge in [-0.25, -0.2) is 0 Å². The van der Waals surface area contributed by atoms with Crippen LogP contribution in [0.4, 0.5) is 0 Å². The fourth-order valence-electron chi connectivity index (χ4n) is 1.22. The molecule has 0 fully saturated rings. The number of carbonyl (C=O) groups is 1. The highest BCUT2D eigenvalue weighted by molar-refractivity contribution is 15.0. The van der Waals surface area contributed by atoms with Gasteiger partial charge in [0, 0.05) is 48.7 Å². The molecule has 0 heterocycles. The van der Waals surface area contributed by atoms with Gasteiger partial charge in [-0.15, -0.1) is 0 Å². The molecule has 0 aliphatic carbocycles. The minimum atomic E-state index is -3.54. The first-order valence-electron chi connectivity index (χ1n) is 4.68. The van der Waals surface area contributed by atoms with Crippen molar-refractivity contribution in [2.45, 2.75) is 6.92 Å². The van der Waals surface area contributed by atoms with Crippen LogP contribution >= 0.6 is 44.6 Å². The van der Waals surface area contributed by atoms with Crippen LogP contribution in [-0.4, -0.2) is 22.1 Å². The molecular formula is C10H13I2O4P. The second kappa shape index (κ2) is 8.44. The lowest BCUT2D eigenvalue weighted by atomic mass is 10.2. The quantitative estimate of drug-likeness (QED) is 0.512. The minimum Gasteiger partial charge on any atom is -0.481 e. The average molecular weight is 482 g/mol. The third kappa shape index (κ3) is 6.17. The van der Waals surface area contributed by atoms with Crippen LogP contribution < -0.4 is 5.30 Å². The number of rotatable bonds is 4. The van der Waals surface area contributed by atoms with E-state index in [1.165, 1.54) is 19.1 Å². The van der Waals surface area contributed by atoms with Crippen molar-refractivity contribution < 1.29 is 19.4 Å². The van der Waals surface area contributed by atoms with Crippen molar-refractivity contribution in [1.29, 1.82) is 0 Å². The van der Waals surface area contributed by atoms with Crippen LogP contribution in [0.1, 0.15) is 6.92 Å². The van der Waals surface area contributed by atoms with Crippen molar-refractivity contribution in [3.63, 3.8) is 0 Å². The Hall–Kier alpha value is 0.340. The molecule has 1 aromatic carbocycles. The lowest BCUT2D eigenvalue weighted by molar-refractivity contribution is -0.140. The summed E-state index contributed by atoms with van der Waals surface area (Å²) in [6.45, 7) is 1.42. The van der Waals surface area contributed by atoms with E-state index in [4.69, 9.17) is 5.11 Å². The molecular weight excluding hydrogens is 469 g/mol. The van der Waals surface area contributed by atoms with Crippen LogP contribution in [0.15, 0.2) is 30.3 Å². The summed E-state index contributed by atoms with van der Waals surface area (Å²) in [6, 6.07) is 8.13. The van der Waals surface area contributed by atoms with Crippen molar-refractivity contribution in [3.05, 3.63) is 30.3 Å². The molecule has 0 saturated carbocycles. The Bertz CT molecular complexity index is 397. The zero-order chi connectivity index (χ0) is 13.5. The van der Waals surface area contributed by atoms with E-state index in [1.807, 2.05) is 0 Å². The van der Waals surface area contributed by atoms with E-state index >= 15 is 0 Å². The molecule has 7 heteroatoms. The molecule has 1 aromatic rings. The SMILES string of the molecule is CC(CP(=O)(O)c1ccccc1)C(=O)O.II. The van der Waals surface area contributed by atoms with E-state index in [9.17, 15) is 14.3 Å². The van der Waals surface area contributed by atoms with Crippen molar-refractivity contribution in [2.75, 3.05) is 6.16 Å². The summed E-state index contributed by atoms with van der Waals surface area (Å²) in [5.41, 5.74) is 0. The Morgan fingerprint density at radius 3 is 2.24 bits per heavy atom. The molecule has 0 bridgehead atoms. The third-order valence-corrected chi connectivity index (χ3v) is 4.25. The summed E-state index contributed by atoms with van der Waals surface area (Å²) in [5, 5.41) is 8.96. The van der Waals surface area contributed by atoms with E-state index < -0.39 is 19.3 Å². The van der Waals surface area contributed by atoms with Crippen molar-refractivity contribution in [2.24, 2.45) is 5.92 Å². The van der Waals surface area contributed by atoms with Crippen molar-refractivity contribution >= 4 is 55.9 Å². The molecule has 0 aromatic heterocycles. The maximum atomic E-state index is 11.8. The standard InChI is InChI=1S/C10H13O4P.I2/c1-8(10(11)12)7-15(13,14)9-5-3-2-4-6-9;1-2/h2-6,8H,7H2,1H3,(H,11,12)(H,13,14);. The van der Waals surface area contributed by atoms with Crippen molar-refractivity contribution in [1.82, 2.24) is 0 Å². The molecule has 2 N–H and O–H groups in total. The zero-order valence-corrected chi connectivity index (χ0v) is 14.3. The van der Waals surface area contributed by atoms with Gasteiger partial charge in [0.05, 0.1) is 5.92 Å². The van der Waals surface area contributed by atoms with Crippen LogP contribution in [-0.2, 0) is 9.36 Å². The highest BCUT2D eigenvalue weighted by Crippen LogP contribution is 2.41. The lowest BCUT2D eigenvalue weighted by Gasteiger charge is -2.13. The number of benzene rings is 1. The second-order valence-corrected chi connectivity index (χ2v) is 5.74. The van der Waals surface area contributed by atoms with Crippen LogP contribution in [0.2, 0.25) is 0 Å². The first-order chi connectivity index (χ1) is 7.93. The maximum Gasteiger partial charge on any atom is 0.306 e. The summed E-state index contributed by atoms with van der Waals surface area (Å²) < 4.78 is 11.8. The summed E-state index contributed by atoms with van der Waals surface area (Å²) >= 11 is 4.24. The molecule has 17 heavy (non-hydrogen) atoms. The number of carboxylic acids is 1. The first-order valence-corrected chi connectivity index (χ1v) is 12.8. The largest absolute Gasteiger partial charge is 0.481 e. The van der Waals surface area contributed by atoms with Gasteiger partial charge in [-0.2, -0.15) is 0 Å². The smallest absolute Gasteiger partial charge is 0.306 e. The highest BCUT2D eigenvalue weighted by Gasteiger charge is 2.27. The monoisotopic (exact) mass is 482 g/mol. The third-order valence-electron chi connectivity index (χ3n) is 2.10. The molecule has 0 radical (unpaired) electrons. The number of aliphatic carboxylic acids is 1. The number of hydrogen-bond acceptors (Lipinski definition) is 2. The first kappa shape index (κ1) is 17.3. The predicted octanol–water partition coefficient (Wildman–Crippen LogP) is 3.07. The van der Waals surface area contributed by atoms with Crippen LogP contribution in [0.25, 0.3) is 0 Å². The van der Waals surface area contributed by atoms with Crippen molar-refractivity contribution in [3.8, 4) is 0 Å². The van der Waals surface area contributed by atoms with E-state index in [0.29, 0.717) is 5.30 Å². The second-order valence-electron chi connectivity index (χ2n) is 3.46. The van der Waals surface area contributed by atoms with Gasteiger partial charge in [0.2, 0.25) is 7.37 Å². The van der Waals surface area contributed by atoms with E-state index in [1.54, 1.807) is 18.2 Å². The highest BCUT2D eigenvalue weighted by atomic mass is 128. The Labute approximate surface area is 124 Å². The maximum absolute atomic E-state index is 11.8. The molecule has 4 nitrogen and oxygen atoms in total. The predicted molar refractivity (Wildman–Crippen MR) is 85.6 cm³/mol. The minimum absolute atomic E-state index is 0.230. The summed E-state index contributed by atoms with van der Waals surface area (Å²) in [4.78, 5) is 20.3. The molecule has 0 aliphatic rings. The number of halogens is 2. The Balaban J connectivity index is 0.00000121. The molecule has 0 amide bonds. The Kier molecular flexibility index (Phi) is 8.61. The van der Waals surface area contributed by atoms with Gasteiger partial charge >= 0.3 is 5.97 Å². The fraction of sp³-hybridized carbons (Fsp3) is 0.300. The molecule has 2 atom stereocenters. The number of carboxylic acid groups (broad SMARTS) is 1. The van der Waals surface area contributed by atoms with Crippen LogP contribution in [0.3, 0.4) is 0 Å². The average Bonchev–Trinajstić information content (AvgIpc) is 2.32. The normalized spacial score (nSPS) is 15.1. The van der Waals surface area contributed by atoms with Gasteiger partial charge in [0.15, 0.2) is 0 Å². The van der Waals surface area contributed by atoms with Gasteiger partial charge in [-0.1, -0.05) is 25.1 Å². The summed E-state index contributed by atoms with van der Waals surface area (Å²) in [7, 11) is -3.54. The van der Waals surface area contributed by atoms with E-state index in [2.05, 4.69) is 37.2 Å². The Morgan fingerprint density at radius 1 is 1.35 bits per heavy atom. The van der Waals surface area contributed by atoms with Gasteiger partial charge in [0.1, 0.15) is 0 Å².